The number of rotatable bonds is 6. The molecule has 0 aliphatic carbocycles. The van der Waals surface area contributed by atoms with E-state index in [2.05, 4.69) is 46.3 Å². The second kappa shape index (κ2) is 7.57. The van der Waals surface area contributed by atoms with Crippen molar-refractivity contribution in [2.75, 3.05) is 7.05 Å². The van der Waals surface area contributed by atoms with E-state index in [9.17, 15) is 4.39 Å². The number of benzene rings is 2. The second-order valence-electron chi connectivity index (χ2n) is 6.21. The normalized spacial score (nSPS) is 12.5. The molecule has 3 aromatic rings. The summed E-state index contributed by atoms with van der Waals surface area (Å²) in [7, 11) is 2.03. The van der Waals surface area contributed by atoms with E-state index in [0.29, 0.717) is 17.3 Å². The van der Waals surface area contributed by atoms with E-state index in [1.165, 1.54) is 23.3 Å². The van der Waals surface area contributed by atoms with Crippen molar-refractivity contribution >= 4 is 0 Å². The molecule has 1 heterocycles. The fourth-order valence-corrected chi connectivity index (χ4v) is 2.61. The number of hydrogen-bond acceptors (Lipinski definition) is 4. The summed E-state index contributed by atoms with van der Waals surface area (Å²) in [6.45, 7) is 4.97. The van der Waals surface area contributed by atoms with E-state index in [-0.39, 0.29) is 11.9 Å². The van der Waals surface area contributed by atoms with Gasteiger partial charge < -0.3 is 4.42 Å². The fraction of sp³-hybridized carbons (Fsp3) is 0.300. The van der Waals surface area contributed by atoms with Gasteiger partial charge in [0.25, 0.3) is 0 Å². The van der Waals surface area contributed by atoms with E-state index in [1.807, 2.05) is 14.0 Å². The Morgan fingerprint density at radius 2 is 1.64 bits per heavy atom. The van der Waals surface area contributed by atoms with Crippen LogP contribution in [0.4, 0.5) is 4.39 Å². The Morgan fingerprint density at radius 1 is 1.00 bits per heavy atom. The highest BCUT2D eigenvalue weighted by atomic mass is 19.1. The van der Waals surface area contributed by atoms with Crippen LogP contribution in [0.15, 0.2) is 52.9 Å². The molecule has 0 unspecified atom stereocenters. The van der Waals surface area contributed by atoms with Gasteiger partial charge in [-0.2, -0.15) is 0 Å². The van der Waals surface area contributed by atoms with Crippen molar-refractivity contribution in [3.63, 3.8) is 0 Å². The van der Waals surface area contributed by atoms with Gasteiger partial charge in [-0.15, -0.1) is 10.2 Å². The summed E-state index contributed by atoms with van der Waals surface area (Å²) < 4.78 is 18.8. The molecule has 4 nitrogen and oxygen atoms in total. The molecule has 0 saturated heterocycles. The third-order valence-corrected chi connectivity index (χ3v) is 4.41. The molecule has 1 atom stereocenters. The maximum Gasteiger partial charge on any atom is 0.247 e. The average molecular weight is 339 g/mol. The molecule has 25 heavy (non-hydrogen) atoms. The molecule has 0 aliphatic rings. The molecule has 0 spiro atoms. The first-order valence-electron chi connectivity index (χ1n) is 8.44. The Morgan fingerprint density at radius 3 is 2.28 bits per heavy atom. The zero-order valence-corrected chi connectivity index (χ0v) is 14.7. The maximum atomic E-state index is 13.0. The molecule has 0 amide bonds. The SMILES string of the molecule is CCc1ccc(CN(C)[C@H](C)c2nnc(-c3ccc(F)cc3)o2)cc1. The van der Waals surface area contributed by atoms with Gasteiger partial charge in [-0.05, 0) is 55.8 Å². The van der Waals surface area contributed by atoms with Gasteiger partial charge in [-0.1, -0.05) is 31.2 Å². The van der Waals surface area contributed by atoms with Crippen molar-refractivity contribution in [3.05, 3.63) is 71.4 Å². The number of aryl methyl sites for hydroxylation is 1. The standard InChI is InChI=1S/C20H22FN3O/c1-4-15-5-7-16(8-6-15)13-24(3)14(2)19-22-23-20(25-19)17-9-11-18(21)12-10-17/h5-12,14H,4,13H2,1-3H3/t14-/m1/s1. The molecular formula is C20H22FN3O. The number of hydrogen-bond donors (Lipinski definition) is 0. The third-order valence-electron chi connectivity index (χ3n) is 4.41. The first kappa shape index (κ1) is 17.3. The molecule has 5 heteroatoms. The van der Waals surface area contributed by atoms with Crippen LogP contribution in [0, 0.1) is 5.82 Å². The van der Waals surface area contributed by atoms with E-state index < -0.39 is 0 Å². The van der Waals surface area contributed by atoms with Crippen LogP contribution in [0.2, 0.25) is 0 Å². The zero-order valence-electron chi connectivity index (χ0n) is 14.7. The predicted molar refractivity (Wildman–Crippen MR) is 95.4 cm³/mol. The zero-order chi connectivity index (χ0) is 17.8. The molecule has 3 rings (SSSR count). The van der Waals surface area contributed by atoms with Crippen LogP contribution in [0.5, 0.6) is 0 Å². The molecule has 0 aliphatic heterocycles. The van der Waals surface area contributed by atoms with Crippen molar-refractivity contribution in [2.24, 2.45) is 0 Å². The van der Waals surface area contributed by atoms with Gasteiger partial charge in [0.15, 0.2) is 0 Å². The van der Waals surface area contributed by atoms with Crippen LogP contribution in [0.1, 0.15) is 36.9 Å². The highest BCUT2D eigenvalue weighted by molar-refractivity contribution is 5.51. The van der Waals surface area contributed by atoms with Crippen molar-refractivity contribution in [3.8, 4) is 11.5 Å². The van der Waals surface area contributed by atoms with Gasteiger partial charge in [0.2, 0.25) is 11.8 Å². The lowest BCUT2D eigenvalue weighted by Crippen LogP contribution is -2.22. The van der Waals surface area contributed by atoms with Gasteiger partial charge in [0.1, 0.15) is 5.82 Å². The summed E-state index contributed by atoms with van der Waals surface area (Å²) in [6.07, 6.45) is 1.04. The molecule has 2 aromatic carbocycles. The average Bonchev–Trinajstić information content (AvgIpc) is 3.12. The van der Waals surface area contributed by atoms with Crippen LogP contribution >= 0.6 is 0 Å². The Labute approximate surface area is 147 Å². The van der Waals surface area contributed by atoms with Gasteiger partial charge in [-0.25, -0.2) is 4.39 Å². The molecule has 0 N–H and O–H groups in total. The van der Waals surface area contributed by atoms with Crippen molar-refractivity contribution in [1.29, 1.82) is 0 Å². The van der Waals surface area contributed by atoms with Crippen molar-refractivity contribution in [2.45, 2.75) is 32.9 Å². The Hall–Kier alpha value is -2.53. The van der Waals surface area contributed by atoms with Gasteiger partial charge in [0.05, 0.1) is 6.04 Å². The monoisotopic (exact) mass is 339 g/mol. The van der Waals surface area contributed by atoms with E-state index in [0.717, 1.165) is 13.0 Å². The third kappa shape index (κ3) is 4.12. The van der Waals surface area contributed by atoms with Crippen LogP contribution < -0.4 is 0 Å². The number of aromatic nitrogens is 2. The summed E-state index contributed by atoms with van der Waals surface area (Å²) in [6, 6.07) is 14.6. The summed E-state index contributed by atoms with van der Waals surface area (Å²) in [5.41, 5.74) is 3.29. The summed E-state index contributed by atoms with van der Waals surface area (Å²) in [5.74, 6) is 0.667. The minimum atomic E-state index is -0.286. The largest absolute Gasteiger partial charge is 0.419 e. The highest BCUT2D eigenvalue weighted by Gasteiger charge is 2.19. The first-order chi connectivity index (χ1) is 12.1. The molecule has 0 saturated carbocycles. The lowest BCUT2D eigenvalue weighted by atomic mass is 10.1. The molecule has 130 valence electrons. The van der Waals surface area contributed by atoms with Gasteiger partial charge in [0, 0.05) is 12.1 Å². The van der Waals surface area contributed by atoms with Crippen LogP contribution in [0.25, 0.3) is 11.5 Å². The quantitative estimate of drug-likeness (QED) is 0.656. The second-order valence-corrected chi connectivity index (χ2v) is 6.21. The lowest BCUT2D eigenvalue weighted by Gasteiger charge is -2.21. The minimum Gasteiger partial charge on any atom is -0.419 e. The molecule has 0 fully saturated rings. The fourth-order valence-electron chi connectivity index (χ4n) is 2.61. The van der Waals surface area contributed by atoms with E-state index in [4.69, 9.17) is 4.42 Å². The van der Waals surface area contributed by atoms with E-state index in [1.54, 1.807) is 12.1 Å². The molecule has 1 aromatic heterocycles. The van der Waals surface area contributed by atoms with Gasteiger partial charge >= 0.3 is 0 Å². The summed E-state index contributed by atoms with van der Waals surface area (Å²) >= 11 is 0. The Kier molecular flexibility index (Phi) is 5.24. The number of nitrogens with zero attached hydrogens (tertiary/aromatic N) is 3. The Balaban J connectivity index is 1.69. The van der Waals surface area contributed by atoms with E-state index >= 15 is 0 Å². The van der Waals surface area contributed by atoms with Gasteiger partial charge in [-0.3, -0.25) is 4.90 Å². The van der Waals surface area contributed by atoms with Crippen LogP contribution in [0.3, 0.4) is 0 Å². The first-order valence-corrected chi connectivity index (χ1v) is 8.44. The minimum absolute atomic E-state index is 0.0208. The van der Waals surface area contributed by atoms with Crippen molar-refractivity contribution < 1.29 is 8.81 Å². The summed E-state index contributed by atoms with van der Waals surface area (Å²) in [5, 5.41) is 8.24. The maximum absolute atomic E-state index is 13.0. The number of halogens is 1. The lowest BCUT2D eigenvalue weighted by molar-refractivity contribution is 0.218. The van der Waals surface area contributed by atoms with Crippen molar-refractivity contribution in [1.82, 2.24) is 15.1 Å². The summed E-state index contributed by atoms with van der Waals surface area (Å²) in [4.78, 5) is 2.16. The topological polar surface area (TPSA) is 42.2 Å². The molecule has 0 bridgehead atoms. The smallest absolute Gasteiger partial charge is 0.247 e. The molecule has 0 radical (unpaired) electrons. The van der Waals surface area contributed by atoms with Crippen LogP contribution in [-0.4, -0.2) is 22.1 Å². The predicted octanol–water partition coefficient (Wildman–Crippen LogP) is 4.63. The van der Waals surface area contributed by atoms with Crippen LogP contribution in [-0.2, 0) is 13.0 Å². The Bertz CT molecular complexity index is 812. The highest BCUT2D eigenvalue weighted by Crippen LogP contribution is 2.24. The molecular weight excluding hydrogens is 317 g/mol.